The molecule has 0 saturated carbocycles. The summed E-state index contributed by atoms with van der Waals surface area (Å²) >= 11 is 5.79. The van der Waals surface area contributed by atoms with Crippen molar-refractivity contribution in [2.75, 3.05) is 18.6 Å². The summed E-state index contributed by atoms with van der Waals surface area (Å²) < 4.78 is 4.76. The predicted molar refractivity (Wildman–Crippen MR) is 59.4 cm³/mol. The van der Waals surface area contributed by atoms with Crippen molar-refractivity contribution < 1.29 is 9.53 Å². The lowest BCUT2D eigenvalue weighted by atomic mass is 10.2. The second-order valence-corrected chi connectivity index (χ2v) is 3.96. The number of carbonyl (C=O) groups excluding carboxylic acids is 1. The highest BCUT2D eigenvalue weighted by Crippen LogP contribution is 2.25. The Kier molecular flexibility index (Phi) is 3.24. The molecule has 1 atom stereocenters. The number of hydrogen-bond acceptors (Lipinski definition) is 5. The van der Waals surface area contributed by atoms with E-state index in [1.54, 1.807) is 6.07 Å². The van der Waals surface area contributed by atoms with Gasteiger partial charge in [0.15, 0.2) is 0 Å². The largest absolute Gasteiger partial charge is 0.467 e. The molecule has 0 radical (unpaired) electrons. The third kappa shape index (κ3) is 2.09. The summed E-state index contributed by atoms with van der Waals surface area (Å²) in [6.07, 6.45) is 3.13. The molecule has 5 nitrogen and oxygen atoms in total. The number of halogens is 1. The molecular weight excluding hydrogens is 230 g/mol. The molecule has 6 heteroatoms. The highest BCUT2D eigenvalue weighted by atomic mass is 35.5. The maximum atomic E-state index is 11.5. The fourth-order valence-corrected chi connectivity index (χ4v) is 2.04. The van der Waals surface area contributed by atoms with E-state index < -0.39 is 0 Å². The first-order valence-electron chi connectivity index (χ1n) is 5.04. The number of aromatic nitrogens is 2. The highest BCUT2D eigenvalue weighted by Gasteiger charge is 2.32. The lowest BCUT2D eigenvalue weighted by Gasteiger charge is -2.23. The van der Waals surface area contributed by atoms with E-state index >= 15 is 0 Å². The van der Waals surface area contributed by atoms with Gasteiger partial charge in [-0.1, -0.05) is 11.6 Å². The summed E-state index contributed by atoms with van der Waals surface area (Å²) in [6.45, 7) is 0.785. The van der Waals surface area contributed by atoms with Crippen LogP contribution in [0.3, 0.4) is 0 Å². The number of carbonyl (C=O) groups is 1. The van der Waals surface area contributed by atoms with Crippen LogP contribution in [-0.4, -0.2) is 35.6 Å². The summed E-state index contributed by atoms with van der Waals surface area (Å²) in [4.78, 5) is 21.4. The van der Waals surface area contributed by atoms with Crippen LogP contribution in [0.1, 0.15) is 12.8 Å². The molecule has 0 bridgehead atoms. The van der Waals surface area contributed by atoms with E-state index in [0.717, 1.165) is 19.4 Å². The third-order valence-corrected chi connectivity index (χ3v) is 2.85. The zero-order valence-corrected chi connectivity index (χ0v) is 9.65. The van der Waals surface area contributed by atoms with Crippen LogP contribution >= 0.6 is 11.6 Å². The maximum Gasteiger partial charge on any atom is 0.328 e. The zero-order valence-electron chi connectivity index (χ0n) is 8.89. The van der Waals surface area contributed by atoms with Crippen LogP contribution in [0.2, 0.25) is 5.15 Å². The Labute approximate surface area is 98.4 Å². The summed E-state index contributed by atoms with van der Waals surface area (Å²) in [5.41, 5.74) is 0. The van der Waals surface area contributed by atoms with Crippen LogP contribution in [0.5, 0.6) is 0 Å². The molecule has 16 heavy (non-hydrogen) atoms. The average molecular weight is 242 g/mol. The van der Waals surface area contributed by atoms with Crippen LogP contribution in [0.4, 0.5) is 5.82 Å². The lowest BCUT2D eigenvalue weighted by molar-refractivity contribution is -0.141. The van der Waals surface area contributed by atoms with Crippen LogP contribution in [-0.2, 0) is 9.53 Å². The lowest BCUT2D eigenvalue weighted by Crippen LogP contribution is -2.37. The van der Waals surface area contributed by atoms with Crippen molar-refractivity contribution in [2.45, 2.75) is 18.9 Å². The number of anilines is 1. The maximum absolute atomic E-state index is 11.5. The molecule has 0 N–H and O–H groups in total. The standard InChI is InChI=1S/C10H12ClN3O2/c1-16-10(15)7-3-2-4-14(7)9-5-8(11)12-6-13-9/h5-7H,2-4H2,1H3. The molecule has 0 aliphatic carbocycles. The molecule has 2 heterocycles. The van der Waals surface area contributed by atoms with Gasteiger partial charge in [0.1, 0.15) is 23.3 Å². The molecule has 0 spiro atoms. The van der Waals surface area contributed by atoms with Gasteiger partial charge in [-0.15, -0.1) is 0 Å². The minimum atomic E-state index is -0.254. The SMILES string of the molecule is COC(=O)C1CCCN1c1cc(Cl)ncn1. The van der Waals surface area contributed by atoms with E-state index in [1.165, 1.54) is 13.4 Å². The van der Waals surface area contributed by atoms with Crippen molar-refractivity contribution in [1.29, 1.82) is 0 Å². The Hall–Kier alpha value is -1.36. The Morgan fingerprint density at radius 3 is 3.12 bits per heavy atom. The van der Waals surface area contributed by atoms with Gasteiger partial charge in [-0.3, -0.25) is 0 Å². The van der Waals surface area contributed by atoms with E-state index in [9.17, 15) is 4.79 Å². The quantitative estimate of drug-likeness (QED) is 0.577. The summed E-state index contributed by atoms with van der Waals surface area (Å²) in [5.74, 6) is 0.445. The second-order valence-electron chi connectivity index (χ2n) is 3.57. The van der Waals surface area contributed by atoms with Gasteiger partial charge < -0.3 is 9.64 Å². The molecule has 1 aliphatic heterocycles. The summed E-state index contributed by atoms with van der Waals surface area (Å²) in [7, 11) is 1.39. The molecule has 0 aromatic carbocycles. The Morgan fingerprint density at radius 1 is 1.62 bits per heavy atom. The molecule has 1 unspecified atom stereocenters. The van der Waals surface area contributed by atoms with E-state index in [1.807, 2.05) is 4.90 Å². The van der Waals surface area contributed by atoms with E-state index in [-0.39, 0.29) is 12.0 Å². The third-order valence-electron chi connectivity index (χ3n) is 2.64. The van der Waals surface area contributed by atoms with Crippen molar-refractivity contribution >= 4 is 23.4 Å². The zero-order chi connectivity index (χ0) is 11.5. The van der Waals surface area contributed by atoms with Crippen LogP contribution in [0.25, 0.3) is 0 Å². The van der Waals surface area contributed by atoms with Crippen LogP contribution < -0.4 is 4.90 Å². The van der Waals surface area contributed by atoms with Crippen molar-refractivity contribution in [3.63, 3.8) is 0 Å². The molecule has 1 aromatic rings. The second kappa shape index (κ2) is 4.65. The van der Waals surface area contributed by atoms with Gasteiger partial charge in [0, 0.05) is 12.6 Å². The van der Waals surface area contributed by atoms with Crippen molar-refractivity contribution in [3.8, 4) is 0 Å². The minimum absolute atomic E-state index is 0.229. The molecule has 2 rings (SSSR count). The number of nitrogens with zero attached hydrogens (tertiary/aromatic N) is 3. The van der Waals surface area contributed by atoms with E-state index in [2.05, 4.69) is 9.97 Å². The van der Waals surface area contributed by atoms with Gasteiger partial charge in [-0.2, -0.15) is 0 Å². The monoisotopic (exact) mass is 241 g/mol. The van der Waals surface area contributed by atoms with Crippen LogP contribution in [0.15, 0.2) is 12.4 Å². The molecule has 1 aliphatic rings. The first-order valence-corrected chi connectivity index (χ1v) is 5.42. The van der Waals surface area contributed by atoms with Crippen LogP contribution in [0, 0.1) is 0 Å². The van der Waals surface area contributed by atoms with E-state index in [0.29, 0.717) is 11.0 Å². The fourth-order valence-electron chi connectivity index (χ4n) is 1.90. The van der Waals surface area contributed by atoms with Gasteiger partial charge in [-0.05, 0) is 12.8 Å². The molecule has 1 saturated heterocycles. The number of rotatable bonds is 2. The van der Waals surface area contributed by atoms with E-state index in [4.69, 9.17) is 16.3 Å². The normalized spacial score (nSPS) is 19.9. The Balaban J connectivity index is 2.23. The van der Waals surface area contributed by atoms with Gasteiger partial charge in [0.05, 0.1) is 7.11 Å². The predicted octanol–water partition coefficient (Wildman–Crippen LogP) is 1.27. The van der Waals surface area contributed by atoms with Crippen molar-refractivity contribution in [3.05, 3.63) is 17.5 Å². The molecule has 1 aromatic heterocycles. The molecule has 86 valence electrons. The first kappa shape index (κ1) is 11.1. The summed E-state index contributed by atoms with van der Waals surface area (Å²) in [5, 5.41) is 0.375. The number of hydrogen-bond donors (Lipinski definition) is 0. The average Bonchev–Trinajstić information content (AvgIpc) is 2.77. The summed E-state index contributed by atoms with van der Waals surface area (Å²) in [6, 6.07) is 1.40. The fraction of sp³-hybridized carbons (Fsp3) is 0.500. The Morgan fingerprint density at radius 2 is 2.44 bits per heavy atom. The van der Waals surface area contributed by atoms with Gasteiger partial charge >= 0.3 is 5.97 Å². The van der Waals surface area contributed by atoms with Crippen molar-refractivity contribution in [2.24, 2.45) is 0 Å². The van der Waals surface area contributed by atoms with Crippen molar-refractivity contribution in [1.82, 2.24) is 9.97 Å². The molecular formula is C10H12ClN3O2. The molecule has 0 amide bonds. The topological polar surface area (TPSA) is 55.3 Å². The Bertz CT molecular complexity index is 399. The van der Waals surface area contributed by atoms with Gasteiger partial charge in [0.2, 0.25) is 0 Å². The highest BCUT2D eigenvalue weighted by molar-refractivity contribution is 6.29. The number of esters is 1. The minimum Gasteiger partial charge on any atom is -0.467 e. The number of methoxy groups -OCH3 is 1. The van der Waals surface area contributed by atoms with Gasteiger partial charge in [-0.25, -0.2) is 14.8 Å². The smallest absolute Gasteiger partial charge is 0.328 e. The number of ether oxygens (including phenoxy) is 1. The molecule has 1 fully saturated rings. The van der Waals surface area contributed by atoms with Gasteiger partial charge in [0.25, 0.3) is 0 Å². The first-order chi connectivity index (χ1) is 7.72.